The summed E-state index contributed by atoms with van der Waals surface area (Å²) >= 11 is 1.62. The van der Waals surface area contributed by atoms with E-state index in [9.17, 15) is 0 Å². The van der Waals surface area contributed by atoms with Gasteiger partial charge in [0, 0.05) is 30.2 Å². The van der Waals surface area contributed by atoms with E-state index in [1.165, 1.54) is 5.22 Å². The van der Waals surface area contributed by atoms with Crippen LogP contribution in [0.1, 0.15) is 30.5 Å². The van der Waals surface area contributed by atoms with Crippen molar-refractivity contribution in [3.8, 4) is 0 Å². The highest BCUT2D eigenvalue weighted by molar-refractivity contribution is 7.09. The van der Waals surface area contributed by atoms with Crippen LogP contribution >= 0.6 is 11.3 Å². The molecule has 1 aliphatic carbocycles. The standard InChI is InChI=1S/C17H21N5S/c1-3-12-7-9-22(15(12)6-8-19-2)10-16-21-14(11-23-16)17(18)20-13-4-5-13/h3,6-9,11,13H,4-5,10H2,1-2H3,(H2,18,20)/b12-3-,15-6+,19-8?. The lowest BCUT2D eigenvalue weighted by atomic mass is 10.4. The van der Waals surface area contributed by atoms with Crippen LogP contribution in [-0.4, -0.2) is 34.7 Å². The molecule has 0 aromatic carbocycles. The maximum atomic E-state index is 6.02. The third-order valence-electron chi connectivity index (χ3n) is 3.72. The molecule has 0 aliphatic heterocycles. The van der Waals surface area contributed by atoms with Gasteiger partial charge in [-0.25, -0.2) is 4.98 Å². The summed E-state index contributed by atoms with van der Waals surface area (Å²) in [6.07, 6.45) is 10.3. The fourth-order valence-corrected chi connectivity index (χ4v) is 3.12. The Bertz CT molecular complexity index is 852. The zero-order valence-corrected chi connectivity index (χ0v) is 14.3. The molecular formula is C17H21N5S. The maximum absolute atomic E-state index is 6.02. The number of nitrogens with two attached hydrogens (primary N) is 1. The number of hydrogen-bond donors (Lipinski definition) is 1. The molecular weight excluding hydrogens is 306 g/mol. The fourth-order valence-electron chi connectivity index (χ4n) is 2.33. The maximum Gasteiger partial charge on any atom is 0.145 e. The molecule has 6 heteroatoms. The number of amidine groups is 1. The van der Waals surface area contributed by atoms with Gasteiger partial charge in [-0.2, -0.15) is 0 Å². The van der Waals surface area contributed by atoms with E-state index in [4.69, 9.17) is 5.73 Å². The van der Waals surface area contributed by atoms with E-state index in [0.29, 0.717) is 11.9 Å². The van der Waals surface area contributed by atoms with Crippen molar-refractivity contribution in [1.82, 2.24) is 9.55 Å². The second-order valence-electron chi connectivity index (χ2n) is 5.52. The van der Waals surface area contributed by atoms with Gasteiger partial charge in [-0.3, -0.25) is 9.98 Å². The fraction of sp³-hybridized carbons (Fsp3) is 0.353. The summed E-state index contributed by atoms with van der Waals surface area (Å²) in [6, 6.07) is 2.52. The van der Waals surface area contributed by atoms with Crippen molar-refractivity contribution in [3.05, 3.63) is 38.9 Å². The first-order chi connectivity index (χ1) is 11.2. The number of hydrogen-bond acceptors (Lipinski definition) is 4. The van der Waals surface area contributed by atoms with Crippen molar-refractivity contribution in [1.29, 1.82) is 0 Å². The molecule has 5 nitrogen and oxygen atoms in total. The smallest absolute Gasteiger partial charge is 0.145 e. The zero-order valence-electron chi connectivity index (χ0n) is 13.4. The molecule has 2 N–H and O–H groups in total. The Morgan fingerprint density at radius 3 is 3.04 bits per heavy atom. The molecule has 3 rings (SSSR count). The molecule has 0 bridgehead atoms. The van der Waals surface area contributed by atoms with Gasteiger partial charge in [-0.05, 0) is 37.1 Å². The Hall–Kier alpha value is -2.21. The summed E-state index contributed by atoms with van der Waals surface area (Å²) in [4.78, 5) is 13.1. The monoisotopic (exact) mass is 327 g/mol. The quantitative estimate of drug-likeness (QED) is 0.661. The van der Waals surface area contributed by atoms with E-state index < -0.39 is 0 Å². The highest BCUT2D eigenvalue weighted by Gasteiger charge is 2.21. The van der Waals surface area contributed by atoms with Gasteiger partial charge in [0.2, 0.25) is 0 Å². The highest BCUT2D eigenvalue weighted by Crippen LogP contribution is 2.24. The Kier molecular flexibility index (Phi) is 4.71. The van der Waals surface area contributed by atoms with E-state index in [2.05, 4.69) is 37.9 Å². The molecule has 0 atom stereocenters. The molecule has 2 aromatic heterocycles. The van der Waals surface area contributed by atoms with Crippen LogP contribution in [0, 0.1) is 0 Å². The van der Waals surface area contributed by atoms with Crippen molar-refractivity contribution in [2.24, 2.45) is 15.7 Å². The average molecular weight is 327 g/mol. The zero-order chi connectivity index (χ0) is 16.2. The van der Waals surface area contributed by atoms with Gasteiger partial charge in [0.25, 0.3) is 0 Å². The molecule has 0 spiro atoms. The van der Waals surface area contributed by atoms with Crippen molar-refractivity contribution in [3.63, 3.8) is 0 Å². The Morgan fingerprint density at radius 1 is 1.52 bits per heavy atom. The number of aromatic nitrogens is 2. The molecule has 0 saturated heterocycles. The molecule has 120 valence electrons. The minimum absolute atomic E-state index is 0.418. The summed E-state index contributed by atoms with van der Waals surface area (Å²) in [5.41, 5.74) is 6.82. The SMILES string of the molecule is C/C=c1/ccn(Cc2nc(C(N)=NC3CC3)cs2)/c1=C/C=NC. The lowest BCUT2D eigenvalue weighted by Crippen LogP contribution is -2.29. The minimum Gasteiger partial charge on any atom is -0.382 e. The van der Waals surface area contributed by atoms with Gasteiger partial charge in [0.1, 0.15) is 16.5 Å². The number of nitrogens with zero attached hydrogens (tertiary/aromatic N) is 4. The van der Waals surface area contributed by atoms with E-state index >= 15 is 0 Å². The van der Waals surface area contributed by atoms with Gasteiger partial charge in [0.15, 0.2) is 0 Å². The molecule has 1 saturated carbocycles. The highest BCUT2D eigenvalue weighted by atomic mass is 32.1. The molecule has 2 heterocycles. The summed E-state index contributed by atoms with van der Waals surface area (Å²) in [6.45, 7) is 2.76. The topological polar surface area (TPSA) is 68.6 Å². The Labute approximate surface area is 139 Å². The number of aliphatic imine (C=N–C) groups is 2. The average Bonchev–Trinajstić information content (AvgIpc) is 3.10. The van der Waals surface area contributed by atoms with E-state index in [0.717, 1.165) is 35.4 Å². The van der Waals surface area contributed by atoms with Gasteiger partial charge >= 0.3 is 0 Å². The molecule has 1 aliphatic rings. The first-order valence-electron chi connectivity index (χ1n) is 7.73. The normalized spacial score (nSPS) is 17.6. The predicted molar refractivity (Wildman–Crippen MR) is 97.7 cm³/mol. The third-order valence-corrected chi connectivity index (χ3v) is 4.55. The van der Waals surface area contributed by atoms with Crippen molar-refractivity contribution in [2.75, 3.05) is 7.05 Å². The lowest BCUT2D eigenvalue weighted by molar-refractivity contribution is 0.772. The van der Waals surface area contributed by atoms with E-state index in [1.807, 2.05) is 24.6 Å². The van der Waals surface area contributed by atoms with Crippen LogP contribution in [0.25, 0.3) is 12.2 Å². The Balaban J connectivity index is 1.86. The predicted octanol–water partition coefficient (Wildman–Crippen LogP) is 1.14. The lowest BCUT2D eigenvalue weighted by Gasteiger charge is -2.00. The van der Waals surface area contributed by atoms with Crippen molar-refractivity contribution < 1.29 is 0 Å². The number of rotatable bonds is 5. The van der Waals surface area contributed by atoms with Gasteiger partial charge < -0.3 is 10.3 Å². The summed E-state index contributed by atoms with van der Waals surface area (Å²) in [5.74, 6) is 0.565. The summed E-state index contributed by atoms with van der Waals surface area (Å²) in [5, 5.41) is 5.34. The molecule has 23 heavy (non-hydrogen) atoms. The molecule has 2 aromatic rings. The van der Waals surface area contributed by atoms with Crippen LogP contribution in [0.3, 0.4) is 0 Å². The third kappa shape index (κ3) is 3.76. The van der Waals surface area contributed by atoms with Crippen molar-refractivity contribution >= 4 is 35.5 Å². The minimum atomic E-state index is 0.418. The second kappa shape index (κ2) is 6.91. The van der Waals surface area contributed by atoms with Crippen LogP contribution in [0.2, 0.25) is 0 Å². The van der Waals surface area contributed by atoms with E-state index in [1.54, 1.807) is 18.4 Å². The van der Waals surface area contributed by atoms with Crippen molar-refractivity contribution in [2.45, 2.75) is 32.4 Å². The van der Waals surface area contributed by atoms with E-state index in [-0.39, 0.29) is 0 Å². The molecule has 0 amide bonds. The van der Waals surface area contributed by atoms with Crippen LogP contribution < -0.4 is 16.3 Å². The molecule has 0 unspecified atom stereocenters. The summed E-state index contributed by atoms with van der Waals surface area (Å²) < 4.78 is 2.17. The molecule has 0 radical (unpaired) electrons. The first-order valence-corrected chi connectivity index (χ1v) is 8.61. The molecule has 1 fully saturated rings. The second-order valence-corrected chi connectivity index (χ2v) is 6.46. The van der Waals surface area contributed by atoms with Gasteiger partial charge in [-0.15, -0.1) is 11.3 Å². The largest absolute Gasteiger partial charge is 0.382 e. The van der Waals surface area contributed by atoms with Crippen LogP contribution in [0.5, 0.6) is 0 Å². The van der Waals surface area contributed by atoms with Crippen LogP contribution in [0.4, 0.5) is 0 Å². The van der Waals surface area contributed by atoms with Gasteiger partial charge in [-0.1, -0.05) is 6.08 Å². The number of thiazole rings is 1. The summed E-state index contributed by atoms with van der Waals surface area (Å²) in [7, 11) is 1.77. The first kappa shape index (κ1) is 15.7. The van der Waals surface area contributed by atoms with Crippen LogP contribution in [0.15, 0.2) is 27.6 Å². The Morgan fingerprint density at radius 2 is 2.35 bits per heavy atom. The van der Waals surface area contributed by atoms with Crippen LogP contribution in [-0.2, 0) is 6.54 Å². The van der Waals surface area contributed by atoms with Gasteiger partial charge in [0.05, 0.1) is 12.6 Å².